The zero-order valence-corrected chi connectivity index (χ0v) is 10.2. The third-order valence-corrected chi connectivity index (χ3v) is 1.88. The largest absolute Gasteiger partial charge is 0.312 e. The fraction of sp³-hybridized carbons (Fsp3) is 0.462. The van der Waals surface area contributed by atoms with Crippen molar-refractivity contribution < 1.29 is 4.79 Å². The summed E-state index contributed by atoms with van der Waals surface area (Å²) in [5.74, 6) is 0.264. The molecule has 0 amide bonds. The summed E-state index contributed by atoms with van der Waals surface area (Å²) in [6, 6.07) is 0. The van der Waals surface area contributed by atoms with E-state index in [1.807, 2.05) is 45.1 Å². The molecular weight excluding hydrogens is 186 g/mol. The number of ketones is 1. The van der Waals surface area contributed by atoms with Crippen LogP contribution in [0.15, 0.2) is 36.0 Å². The molecule has 15 heavy (non-hydrogen) atoms. The second-order valence-electron chi connectivity index (χ2n) is 3.89. The van der Waals surface area contributed by atoms with Gasteiger partial charge in [0.05, 0.1) is 0 Å². The molecule has 2 heteroatoms. The quantitative estimate of drug-likeness (QED) is 0.616. The Labute approximate surface area is 93.0 Å². The van der Waals surface area contributed by atoms with Crippen molar-refractivity contribution in [3.05, 3.63) is 36.0 Å². The van der Waals surface area contributed by atoms with E-state index in [9.17, 15) is 4.79 Å². The van der Waals surface area contributed by atoms with E-state index in [4.69, 9.17) is 0 Å². The van der Waals surface area contributed by atoms with Crippen molar-refractivity contribution in [1.29, 1.82) is 0 Å². The van der Waals surface area contributed by atoms with Gasteiger partial charge in [-0.25, -0.2) is 0 Å². The number of hydrogen-bond donors (Lipinski definition) is 0. The third kappa shape index (κ3) is 5.33. The minimum absolute atomic E-state index is 0.264. The smallest absolute Gasteiger partial charge is 0.163 e. The molecule has 1 saturated carbocycles. The van der Waals surface area contributed by atoms with E-state index in [-0.39, 0.29) is 5.78 Å². The Morgan fingerprint density at radius 2 is 1.80 bits per heavy atom. The van der Waals surface area contributed by atoms with Gasteiger partial charge in [-0.1, -0.05) is 24.8 Å². The van der Waals surface area contributed by atoms with Gasteiger partial charge in [0, 0.05) is 12.0 Å². The summed E-state index contributed by atoms with van der Waals surface area (Å²) in [5.41, 5.74) is 2.01. The van der Waals surface area contributed by atoms with Gasteiger partial charge in [-0.2, -0.15) is 0 Å². The number of allylic oxidation sites excluding steroid dienone is 5. The van der Waals surface area contributed by atoms with Gasteiger partial charge >= 0.3 is 0 Å². The molecule has 0 atom stereocenters. The Kier molecular flexibility index (Phi) is 6.63. The van der Waals surface area contributed by atoms with E-state index >= 15 is 0 Å². The van der Waals surface area contributed by atoms with Crippen molar-refractivity contribution in [3.8, 4) is 0 Å². The van der Waals surface area contributed by atoms with Crippen molar-refractivity contribution in [2.24, 2.45) is 0 Å². The lowest BCUT2D eigenvalue weighted by atomic mass is 10.1. The first kappa shape index (κ1) is 13.8. The molecule has 2 nitrogen and oxygen atoms in total. The van der Waals surface area contributed by atoms with E-state index in [2.05, 4.69) is 6.58 Å². The van der Waals surface area contributed by atoms with E-state index in [1.165, 1.54) is 0 Å². The van der Waals surface area contributed by atoms with Crippen LogP contribution in [0.1, 0.15) is 19.8 Å². The summed E-state index contributed by atoms with van der Waals surface area (Å²) in [4.78, 5) is 13.1. The van der Waals surface area contributed by atoms with Crippen LogP contribution in [-0.4, -0.2) is 31.8 Å². The van der Waals surface area contributed by atoms with E-state index in [1.54, 1.807) is 6.08 Å². The van der Waals surface area contributed by atoms with Crippen molar-refractivity contribution in [2.75, 3.05) is 21.1 Å². The second kappa shape index (κ2) is 7.18. The van der Waals surface area contributed by atoms with Crippen molar-refractivity contribution in [1.82, 2.24) is 4.90 Å². The number of rotatable bonds is 1. The highest BCUT2D eigenvalue weighted by Gasteiger charge is 2.20. The van der Waals surface area contributed by atoms with Crippen LogP contribution in [0.25, 0.3) is 0 Å². The molecule has 0 unspecified atom stereocenters. The summed E-state index contributed by atoms with van der Waals surface area (Å²) >= 11 is 0. The molecule has 1 rings (SSSR count). The monoisotopic (exact) mass is 207 g/mol. The summed E-state index contributed by atoms with van der Waals surface area (Å²) in [5, 5.41) is 0. The zero-order chi connectivity index (χ0) is 11.8. The third-order valence-electron chi connectivity index (χ3n) is 1.88. The molecule has 0 aromatic heterocycles. The molecule has 84 valence electrons. The van der Waals surface area contributed by atoms with Gasteiger partial charge in [-0.3, -0.25) is 4.79 Å². The lowest BCUT2D eigenvalue weighted by Gasteiger charge is -1.94. The van der Waals surface area contributed by atoms with Gasteiger partial charge < -0.3 is 4.90 Å². The summed E-state index contributed by atoms with van der Waals surface area (Å²) < 4.78 is 0. The standard InChI is InChI=1S/C10H12O.C3H9N/c1-3-5-8-6-7-10(11)9(8)4-2;1-4(2)3/h3-5H,1,6-7H2,2H3;1-3H3/b8-5-,9-4+;. The average Bonchev–Trinajstić information content (AvgIpc) is 2.46. The molecule has 0 aromatic carbocycles. The van der Waals surface area contributed by atoms with Crippen LogP contribution in [-0.2, 0) is 4.79 Å². The molecule has 0 radical (unpaired) electrons. The van der Waals surface area contributed by atoms with Gasteiger partial charge in [0.15, 0.2) is 5.78 Å². The van der Waals surface area contributed by atoms with Gasteiger partial charge in [0.25, 0.3) is 0 Å². The molecular formula is C13H21NO. The molecule has 0 bridgehead atoms. The Morgan fingerprint density at radius 1 is 1.27 bits per heavy atom. The second-order valence-corrected chi connectivity index (χ2v) is 3.89. The Balaban J connectivity index is 0.000000423. The molecule has 0 heterocycles. The molecule has 0 saturated heterocycles. The molecule has 1 aliphatic carbocycles. The Hall–Kier alpha value is -1.15. The minimum atomic E-state index is 0.264. The number of carbonyl (C=O) groups excluding carboxylic acids is 1. The summed E-state index contributed by atoms with van der Waals surface area (Å²) in [6.45, 7) is 5.50. The maximum absolute atomic E-state index is 11.1. The summed E-state index contributed by atoms with van der Waals surface area (Å²) in [7, 11) is 6.00. The van der Waals surface area contributed by atoms with E-state index in [0.717, 1.165) is 17.6 Å². The SMILES string of the molecule is C=C/C=C1/CCC(=O)/C1=C/C.CN(C)C. The van der Waals surface area contributed by atoms with Crippen molar-refractivity contribution >= 4 is 5.78 Å². The fourth-order valence-electron chi connectivity index (χ4n) is 1.36. The zero-order valence-electron chi connectivity index (χ0n) is 10.2. The average molecular weight is 207 g/mol. The highest BCUT2D eigenvalue weighted by molar-refractivity contribution is 6.02. The topological polar surface area (TPSA) is 20.3 Å². The van der Waals surface area contributed by atoms with Crippen LogP contribution in [0.2, 0.25) is 0 Å². The van der Waals surface area contributed by atoms with Crippen LogP contribution >= 0.6 is 0 Å². The number of Topliss-reactive ketones (excluding diaryl/α,β-unsaturated/α-hetero) is 1. The van der Waals surface area contributed by atoms with Gasteiger partial charge in [0.1, 0.15) is 0 Å². The van der Waals surface area contributed by atoms with E-state index < -0.39 is 0 Å². The van der Waals surface area contributed by atoms with Crippen LogP contribution in [0.3, 0.4) is 0 Å². The highest BCUT2D eigenvalue weighted by atomic mass is 16.1. The summed E-state index contributed by atoms with van der Waals surface area (Å²) in [6.07, 6.45) is 7.08. The number of carbonyl (C=O) groups is 1. The maximum atomic E-state index is 11.1. The molecule has 0 aromatic rings. The van der Waals surface area contributed by atoms with Crippen LogP contribution < -0.4 is 0 Å². The van der Waals surface area contributed by atoms with Gasteiger partial charge in [-0.05, 0) is 40.1 Å². The van der Waals surface area contributed by atoms with E-state index in [0.29, 0.717) is 6.42 Å². The maximum Gasteiger partial charge on any atom is 0.163 e. The van der Waals surface area contributed by atoms with Gasteiger partial charge in [-0.15, -0.1) is 0 Å². The Bertz CT molecular complexity index is 282. The van der Waals surface area contributed by atoms with Crippen LogP contribution in [0.4, 0.5) is 0 Å². The van der Waals surface area contributed by atoms with Crippen LogP contribution in [0.5, 0.6) is 0 Å². The van der Waals surface area contributed by atoms with Crippen LogP contribution in [0, 0.1) is 0 Å². The van der Waals surface area contributed by atoms with Crippen molar-refractivity contribution in [3.63, 3.8) is 0 Å². The molecule has 0 spiro atoms. The predicted molar refractivity (Wildman–Crippen MR) is 65.9 cm³/mol. The van der Waals surface area contributed by atoms with Crippen molar-refractivity contribution in [2.45, 2.75) is 19.8 Å². The molecule has 1 aliphatic rings. The molecule has 0 aliphatic heterocycles. The predicted octanol–water partition coefficient (Wildman–Crippen LogP) is 2.59. The fourth-order valence-corrected chi connectivity index (χ4v) is 1.36. The van der Waals surface area contributed by atoms with Gasteiger partial charge in [0.2, 0.25) is 0 Å². The number of nitrogens with zero attached hydrogens (tertiary/aromatic N) is 1. The molecule has 0 N–H and O–H groups in total. The first-order chi connectivity index (χ1) is 7.02. The first-order valence-electron chi connectivity index (χ1n) is 5.15. The molecule has 1 fully saturated rings. The minimum Gasteiger partial charge on any atom is -0.312 e. The first-order valence-corrected chi connectivity index (χ1v) is 5.15. The Morgan fingerprint density at radius 3 is 2.20 bits per heavy atom. The lowest BCUT2D eigenvalue weighted by Crippen LogP contribution is -1.99. The highest BCUT2D eigenvalue weighted by Crippen LogP contribution is 2.26. The number of hydrogen-bond acceptors (Lipinski definition) is 2. The normalized spacial score (nSPS) is 20.7. The lowest BCUT2D eigenvalue weighted by molar-refractivity contribution is -0.114.